The minimum Gasteiger partial charge on any atom is -0.507 e. The van der Waals surface area contributed by atoms with Gasteiger partial charge in [0.1, 0.15) is 5.76 Å². The van der Waals surface area contributed by atoms with E-state index in [0.29, 0.717) is 16.1 Å². The van der Waals surface area contributed by atoms with Gasteiger partial charge in [-0.3, -0.25) is 9.59 Å². The van der Waals surface area contributed by atoms with Crippen LogP contribution in [0.3, 0.4) is 0 Å². The van der Waals surface area contributed by atoms with Gasteiger partial charge in [-0.1, -0.05) is 59.6 Å². The van der Waals surface area contributed by atoms with Gasteiger partial charge in [-0.15, -0.1) is 0 Å². The van der Waals surface area contributed by atoms with E-state index in [2.05, 4.69) is 0 Å². The number of carbonyl (C=O) groups excluding carboxylic acids is 2. The average molecular weight is 436 g/mol. The van der Waals surface area contributed by atoms with Crippen LogP contribution in [0.5, 0.6) is 0 Å². The minimum atomic E-state index is -0.923. The summed E-state index contributed by atoms with van der Waals surface area (Å²) >= 11 is 12.4. The van der Waals surface area contributed by atoms with E-state index in [1.165, 1.54) is 25.2 Å². The molecule has 1 aliphatic rings. The molecular weight excluding hydrogens is 417 g/mol. The van der Waals surface area contributed by atoms with Crippen LogP contribution < -0.4 is 0 Å². The largest absolute Gasteiger partial charge is 0.507 e. The summed E-state index contributed by atoms with van der Waals surface area (Å²) in [5, 5.41) is 11.6. The Balaban J connectivity index is 2.20. The van der Waals surface area contributed by atoms with Gasteiger partial charge < -0.3 is 19.5 Å². The quantitative estimate of drug-likeness (QED) is 0.320. The Morgan fingerprint density at radius 3 is 2.34 bits per heavy atom. The van der Waals surface area contributed by atoms with Gasteiger partial charge in [0.2, 0.25) is 0 Å². The van der Waals surface area contributed by atoms with E-state index in [9.17, 15) is 14.7 Å². The molecule has 3 rings (SSSR count). The molecule has 1 atom stereocenters. The van der Waals surface area contributed by atoms with Gasteiger partial charge in [-0.2, -0.15) is 0 Å². The highest BCUT2D eigenvalue weighted by Crippen LogP contribution is 2.42. The van der Waals surface area contributed by atoms with Gasteiger partial charge in [-0.25, -0.2) is 0 Å². The van der Waals surface area contributed by atoms with E-state index in [4.69, 9.17) is 32.7 Å². The highest BCUT2D eigenvalue weighted by atomic mass is 35.5. The molecule has 1 unspecified atom stereocenters. The molecule has 1 N–H and O–H groups in total. The fourth-order valence-corrected chi connectivity index (χ4v) is 3.78. The van der Waals surface area contributed by atoms with Crippen molar-refractivity contribution in [1.82, 2.24) is 4.90 Å². The first kappa shape index (κ1) is 21.3. The van der Waals surface area contributed by atoms with Gasteiger partial charge in [0.25, 0.3) is 11.7 Å². The van der Waals surface area contributed by atoms with Crippen molar-refractivity contribution in [1.29, 1.82) is 0 Å². The van der Waals surface area contributed by atoms with Gasteiger partial charge in [0.05, 0.1) is 18.2 Å². The molecule has 1 aliphatic heterocycles. The fourth-order valence-electron chi connectivity index (χ4n) is 3.27. The summed E-state index contributed by atoms with van der Waals surface area (Å²) in [6.45, 7) is -0.0350. The monoisotopic (exact) mass is 435 g/mol. The Hall–Kier alpha value is -2.38. The summed E-state index contributed by atoms with van der Waals surface area (Å²) in [4.78, 5) is 27.0. The second-order valence-electron chi connectivity index (χ2n) is 6.38. The smallest absolute Gasteiger partial charge is 0.295 e. The van der Waals surface area contributed by atoms with Gasteiger partial charge >= 0.3 is 0 Å². The lowest BCUT2D eigenvalue weighted by atomic mass is 9.95. The number of carbonyl (C=O) groups is 2. The summed E-state index contributed by atoms with van der Waals surface area (Å²) < 4.78 is 10.4. The van der Waals surface area contributed by atoms with Gasteiger partial charge in [0.15, 0.2) is 6.29 Å². The first-order valence-electron chi connectivity index (χ1n) is 8.73. The maximum Gasteiger partial charge on any atom is 0.295 e. The number of hydrogen-bond acceptors (Lipinski definition) is 5. The van der Waals surface area contributed by atoms with Crippen molar-refractivity contribution in [2.24, 2.45) is 0 Å². The molecule has 2 aromatic carbocycles. The lowest BCUT2D eigenvalue weighted by Gasteiger charge is -2.28. The first-order chi connectivity index (χ1) is 13.9. The molecule has 152 valence electrons. The van der Waals surface area contributed by atoms with Crippen molar-refractivity contribution >= 4 is 40.7 Å². The van der Waals surface area contributed by atoms with Crippen molar-refractivity contribution in [3.8, 4) is 0 Å². The summed E-state index contributed by atoms with van der Waals surface area (Å²) in [6.07, 6.45) is -0.765. The highest BCUT2D eigenvalue weighted by molar-refractivity contribution is 6.47. The number of hydrogen-bond donors (Lipinski definition) is 1. The number of ether oxygens (including phenoxy) is 2. The van der Waals surface area contributed by atoms with Crippen LogP contribution in [0.25, 0.3) is 5.76 Å². The number of likely N-dealkylation sites (tertiary alicyclic amines) is 1. The number of Topliss-reactive ketones (excluding diaryl/α,β-unsaturated/α-hetero) is 1. The average Bonchev–Trinajstić information content (AvgIpc) is 2.96. The second kappa shape index (κ2) is 8.97. The number of aliphatic hydroxyl groups is 1. The summed E-state index contributed by atoms with van der Waals surface area (Å²) in [6, 6.07) is 12.4. The molecule has 1 fully saturated rings. The number of methoxy groups -OCH3 is 2. The summed E-state index contributed by atoms with van der Waals surface area (Å²) in [5.74, 6) is -1.88. The molecule has 0 spiro atoms. The summed E-state index contributed by atoms with van der Waals surface area (Å²) in [7, 11) is 2.86. The highest BCUT2D eigenvalue weighted by Gasteiger charge is 2.47. The number of nitrogens with zero attached hydrogens (tertiary/aromatic N) is 1. The number of amides is 1. The van der Waals surface area contributed by atoms with E-state index < -0.39 is 24.0 Å². The zero-order valence-electron chi connectivity index (χ0n) is 15.8. The number of aliphatic hydroxyl groups excluding tert-OH is 1. The number of benzene rings is 2. The molecule has 8 heteroatoms. The lowest BCUT2D eigenvalue weighted by molar-refractivity contribution is -0.149. The Kier molecular flexibility index (Phi) is 6.59. The zero-order chi connectivity index (χ0) is 21.1. The number of rotatable bonds is 6. The molecule has 2 aromatic rings. The predicted octanol–water partition coefficient (Wildman–Crippen LogP) is 4.03. The molecule has 1 heterocycles. The van der Waals surface area contributed by atoms with E-state index in [0.717, 1.165) is 0 Å². The van der Waals surface area contributed by atoms with Crippen LogP contribution in [0.2, 0.25) is 10.0 Å². The minimum absolute atomic E-state index is 0.0350. The lowest BCUT2D eigenvalue weighted by Crippen LogP contribution is -2.38. The van der Waals surface area contributed by atoms with Crippen LogP contribution in [0.1, 0.15) is 17.2 Å². The molecular formula is C21H19Cl2NO5. The van der Waals surface area contributed by atoms with Crippen LogP contribution in [0.4, 0.5) is 0 Å². The van der Waals surface area contributed by atoms with Crippen LogP contribution in [-0.4, -0.2) is 48.8 Å². The maximum absolute atomic E-state index is 12.9. The molecule has 0 saturated carbocycles. The van der Waals surface area contributed by atoms with Crippen molar-refractivity contribution in [3.05, 3.63) is 75.3 Å². The fraction of sp³-hybridized carbons (Fsp3) is 0.238. The third-order valence-electron chi connectivity index (χ3n) is 4.72. The van der Waals surface area contributed by atoms with Crippen LogP contribution in [0.15, 0.2) is 54.1 Å². The van der Waals surface area contributed by atoms with Crippen molar-refractivity contribution < 1.29 is 24.2 Å². The van der Waals surface area contributed by atoms with E-state index in [1.54, 1.807) is 42.5 Å². The molecule has 0 radical (unpaired) electrons. The SMILES string of the molecule is COC(CN1C(=O)C(=O)/C(=C(/O)c2ccccc2)C1c1ccc(Cl)cc1Cl)OC. The van der Waals surface area contributed by atoms with Crippen LogP contribution in [-0.2, 0) is 19.1 Å². The predicted molar refractivity (Wildman–Crippen MR) is 110 cm³/mol. The number of halogens is 2. The zero-order valence-corrected chi connectivity index (χ0v) is 17.3. The summed E-state index contributed by atoms with van der Waals surface area (Å²) in [5.41, 5.74) is 0.811. The molecule has 1 amide bonds. The Morgan fingerprint density at radius 2 is 1.76 bits per heavy atom. The van der Waals surface area contributed by atoms with Gasteiger partial charge in [0, 0.05) is 29.8 Å². The molecule has 6 nitrogen and oxygen atoms in total. The van der Waals surface area contributed by atoms with Crippen molar-refractivity contribution in [2.75, 3.05) is 20.8 Å². The molecule has 0 bridgehead atoms. The standard InChI is InChI=1S/C21H19Cl2NO5/c1-28-16(29-2)11-24-18(14-9-8-13(22)10-15(14)23)17(20(26)21(24)27)19(25)12-6-4-3-5-7-12/h3-10,16,18,25H,11H2,1-2H3/b19-17+. The molecule has 29 heavy (non-hydrogen) atoms. The second-order valence-corrected chi connectivity index (χ2v) is 7.23. The first-order valence-corrected chi connectivity index (χ1v) is 9.49. The van der Waals surface area contributed by atoms with E-state index >= 15 is 0 Å². The van der Waals surface area contributed by atoms with Gasteiger partial charge in [-0.05, 0) is 17.7 Å². The Bertz CT molecular complexity index is 957. The Morgan fingerprint density at radius 1 is 1.10 bits per heavy atom. The third kappa shape index (κ3) is 4.16. The van der Waals surface area contributed by atoms with Crippen molar-refractivity contribution in [2.45, 2.75) is 12.3 Å². The molecule has 0 aromatic heterocycles. The topological polar surface area (TPSA) is 76.1 Å². The third-order valence-corrected chi connectivity index (χ3v) is 5.28. The van der Waals surface area contributed by atoms with E-state index in [-0.39, 0.29) is 22.9 Å². The maximum atomic E-state index is 12.9. The Labute approximate surface area is 178 Å². The molecule has 1 saturated heterocycles. The van der Waals surface area contributed by atoms with Crippen molar-refractivity contribution in [3.63, 3.8) is 0 Å². The van der Waals surface area contributed by atoms with E-state index in [1.807, 2.05) is 0 Å². The number of ketones is 1. The normalized spacial score (nSPS) is 18.7. The van der Waals surface area contributed by atoms with Crippen LogP contribution in [0, 0.1) is 0 Å². The molecule has 0 aliphatic carbocycles. The van der Waals surface area contributed by atoms with Crippen LogP contribution >= 0.6 is 23.2 Å².